The Labute approximate surface area is 200 Å². The lowest BCUT2D eigenvalue weighted by Gasteiger charge is -2.13. The molecule has 0 saturated heterocycles. The third kappa shape index (κ3) is 5.14. The van der Waals surface area contributed by atoms with Gasteiger partial charge in [0.1, 0.15) is 12.4 Å². The van der Waals surface area contributed by atoms with Gasteiger partial charge in [0.05, 0.1) is 24.2 Å². The van der Waals surface area contributed by atoms with E-state index in [0.717, 1.165) is 15.6 Å². The highest BCUT2D eigenvalue weighted by atomic mass is 79.9. The summed E-state index contributed by atoms with van der Waals surface area (Å²) < 4.78 is 13.6. The van der Waals surface area contributed by atoms with Crippen molar-refractivity contribution < 1.29 is 9.47 Å². The lowest BCUT2D eigenvalue weighted by atomic mass is 10.2. The van der Waals surface area contributed by atoms with Gasteiger partial charge in [-0.1, -0.05) is 60.1 Å². The van der Waals surface area contributed by atoms with Gasteiger partial charge >= 0.3 is 0 Å². The van der Waals surface area contributed by atoms with E-state index in [9.17, 15) is 4.79 Å². The van der Waals surface area contributed by atoms with Crippen molar-refractivity contribution in [2.45, 2.75) is 26.4 Å². The largest absolute Gasteiger partial charge is 0.493 e. The summed E-state index contributed by atoms with van der Waals surface area (Å²) in [6.07, 6.45) is 1.63. The van der Waals surface area contributed by atoms with Gasteiger partial charge in [0.2, 0.25) is 0 Å². The van der Waals surface area contributed by atoms with Crippen LogP contribution in [0.5, 0.6) is 11.5 Å². The molecular weight excluding hydrogens is 482 g/mol. The number of fused-ring (bicyclic) bond motifs is 1. The minimum Gasteiger partial charge on any atom is -0.493 e. The van der Waals surface area contributed by atoms with Crippen LogP contribution in [0.2, 0.25) is 0 Å². The number of methoxy groups -OCH3 is 1. The van der Waals surface area contributed by atoms with E-state index in [1.807, 2.05) is 74.5 Å². The van der Waals surface area contributed by atoms with Crippen molar-refractivity contribution in [2.75, 3.05) is 7.11 Å². The average molecular weight is 506 g/mol. The quantitative estimate of drug-likeness (QED) is 0.300. The molecule has 4 aromatic rings. The predicted molar refractivity (Wildman–Crippen MR) is 135 cm³/mol. The molecule has 3 aromatic carbocycles. The number of aromatic nitrogens is 2. The molecule has 0 aliphatic carbocycles. The third-order valence-electron chi connectivity index (χ3n) is 5.10. The van der Waals surface area contributed by atoms with Crippen LogP contribution in [0.3, 0.4) is 0 Å². The molecule has 0 aliphatic rings. The molecular formula is C26H24BrN3O3. The van der Waals surface area contributed by atoms with Crippen LogP contribution in [0.25, 0.3) is 10.9 Å². The Morgan fingerprint density at radius 2 is 1.85 bits per heavy atom. The van der Waals surface area contributed by atoms with Gasteiger partial charge in [-0.15, -0.1) is 0 Å². The Hall–Kier alpha value is -3.45. The molecule has 0 unspecified atom stereocenters. The molecule has 0 aliphatic heterocycles. The van der Waals surface area contributed by atoms with E-state index < -0.39 is 0 Å². The van der Waals surface area contributed by atoms with Crippen LogP contribution in [0, 0.1) is 0 Å². The molecule has 0 amide bonds. The fraction of sp³-hybridized carbons (Fsp3) is 0.192. The Morgan fingerprint density at radius 3 is 2.58 bits per heavy atom. The molecule has 0 radical (unpaired) electrons. The first-order valence-corrected chi connectivity index (χ1v) is 11.4. The van der Waals surface area contributed by atoms with Crippen LogP contribution >= 0.6 is 15.9 Å². The van der Waals surface area contributed by atoms with Crippen molar-refractivity contribution >= 4 is 33.0 Å². The highest BCUT2D eigenvalue weighted by molar-refractivity contribution is 9.10. The molecule has 0 atom stereocenters. The lowest BCUT2D eigenvalue weighted by molar-refractivity contribution is 0.284. The Bertz CT molecular complexity index is 1360. The number of rotatable bonds is 7. The number of hydrogen-bond acceptors (Lipinski definition) is 5. The van der Waals surface area contributed by atoms with Gasteiger partial charge in [-0.05, 0) is 47.5 Å². The zero-order valence-electron chi connectivity index (χ0n) is 18.7. The normalized spacial score (nSPS) is 11.4. The van der Waals surface area contributed by atoms with Gasteiger partial charge in [-0.2, -0.15) is 9.78 Å². The van der Waals surface area contributed by atoms with Gasteiger partial charge in [0.15, 0.2) is 11.5 Å². The van der Waals surface area contributed by atoms with Crippen molar-refractivity contribution in [2.24, 2.45) is 5.10 Å². The molecule has 0 N–H and O–H groups in total. The third-order valence-corrected chi connectivity index (χ3v) is 5.59. The fourth-order valence-corrected chi connectivity index (χ4v) is 3.76. The number of benzene rings is 3. The van der Waals surface area contributed by atoms with Gasteiger partial charge in [-0.25, -0.2) is 4.98 Å². The number of nitrogens with zero attached hydrogens (tertiary/aromatic N) is 3. The summed E-state index contributed by atoms with van der Waals surface area (Å²) in [6, 6.07) is 21.0. The number of hydrogen-bond donors (Lipinski definition) is 0. The molecule has 7 heteroatoms. The van der Waals surface area contributed by atoms with Crippen LogP contribution in [0.15, 0.2) is 81.1 Å². The van der Waals surface area contributed by atoms with Crippen molar-refractivity contribution in [1.29, 1.82) is 0 Å². The standard InChI is InChI=1S/C26H24BrN3O3/c1-17(2)25-29-22-11-10-20(27)14-21(22)26(31)30(25)28-15-19-9-12-23(24(13-19)32-3)33-16-18-7-5-4-6-8-18/h4-15,17H,16H2,1-3H3. The first-order valence-electron chi connectivity index (χ1n) is 10.6. The van der Waals surface area contributed by atoms with Crippen molar-refractivity contribution in [3.05, 3.63) is 98.5 Å². The van der Waals surface area contributed by atoms with E-state index in [2.05, 4.69) is 26.0 Å². The number of halogens is 1. The molecule has 4 rings (SSSR count). The minimum atomic E-state index is -0.212. The van der Waals surface area contributed by atoms with E-state index in [1.165, 1.54) is 4.68 Å². The van der Waals surface area contributed by atoms with E-state index in [1.54, 1.807) is 19.4 Å². The maximum absolute atomic E-state index is 13.2. The van der Waals surface area contributed by atoms with Crippen molar-refractivity contribution in [3.8, 4) is 11.5 Å². The number of ether oxygens (including phenoxy) is 2. The topological polar surface area (TPSA) is 65.7 Å². The summed E-state index contributed by atoms with van der Waals surface area (Å²) in [7, 11) is 1.60. The van der Waals surface area contributed by atoms with E-state index >= 15 is 0 Å². The summed E-state index contributed by atoms with van der Waals surface area (Å²) in [6.45, 7) is 4.41. The first kappa shape index (κ1) is 22.7. The zero-order chi connectivity index (χ0) is 23.4. The lowest BCUT2D eigenvalue weighted by Crippen LogP contribution is -2.23. The Balaban J connectivity index is 1.65. The van der Waals surface area contributed by atoms with Crippen LogP contribution in [0.4, 0.5) is 0 Å². The zero-order valence-corrected chi connectivity index (χ0v) is 20.2. The van der Waals surface area contributed by atoms with Crippen LogP contribution < -0.4 is 15.0 Å². The monoisotopic (exact) mass is 505 g/mol. The van der Waals surface area contributed by atoms with Crippen molar-refractivity contribution in [3.63, 3.8) is 0 Å². The SMILES string of the molecule is COc1cc(C=Nn2c(C(C)C)nc3ccc(Br)cc3c2=O)ccc1OCc1ccccc1. The summed E-state index contributed by atoms with van der Waals surface area (Å²) in [5.41, 5.74) is 2.28. The first-order chi connectivity index (χ1) is 16.0. The van der Waals surface area contributed by atoms with Gasteiger partial charge in [-0.3, -0.25) is 4.79 Å². The fourth-order valence-electron chi connectivity index (χ4n) is 3.39. The van der Waals surface area contributed by atoms with E-state index in [0.29, 0.717) is 34.8 Å². The highest BCUT2D eigenvalue weighted by Gasteiger charge is 2.14. The summed E-state index contributed by atoms with van der Waals surface area (Å²) in [5, 5.41) is 4.99. The maximum Gasteiger partial charge on any atom is 0.282 e. The average Bonchev–Trinajstić information content (AvgIpc) is 2.83. The Morgan fingerprint density at radius 1 is 1.06 bits per heavy atom. The molecule has 33 heavy (non-hydrogen) atoms. The molecule has 0 spiro atoms. The minimum absolute atomic E-state index is 0.0196. The second kappa shape index (κ2) is 10.0. The van der Waals surface area contributed by atoms with Crippen LogP contribution in [-0.4, -0.2) is 23.0 Å². The Kier molecular flexibility index (Phi) is 6.89. The van der Waals surface area contributed by atoms with Gasteiger partial charge in [0.25, 0.3) is 5.56 Å². The summed E-state index contributed by atoms with van der Waals surface area (Å²) in [5.74, 6) is 1.84. The maximum atomic E-state index is 13.2. The molecule has 1 aromatic heterocycles. The van der Waals surface area contributed by atoms with Crippen LogP contribution in [0.1, 0.15) is 36.7 Å². The smallest absolute Gasteiger partial charge is 0.282 e. The molecule has 0 bridgehead atoms. The summed E-state index contributed by atoms with van der Waals surface area (Å²) >= 11 is 3.42. The molecule has 1 heterocycles. The molecule has 168 valence electrons. The second-order valence-corrected chi connectivity index (χ2v) is 8.75. The molecule has 6 nitrogen and oxygen atoms in total. The van der Waals surface area contributed by atoms with Crippen LogP contribution in [-0.2, 0) is 6.61 Å². The van der Waals surface area contributed by atoms with Crippen molar-refractivity contribution in [1.82, 2.24) is 9.66 Å². The van der Waals surface area contributed by atoms with Gasteiger partial charge < -0.3 is 9.47 Å². The summed E-state index contributed by atoms with van der Waals surface area (Å²) in [4.78, 5) is 17.8. The second-order valence-electron chi connectivity index (χ2n) is 7.83. The van der Waals surface area contributed by atoms with E-state index in [4.69, 9.17) is 9.47 Å². The highest BCUT2D eigenvalue weighted by Crippen LogP contribution is 2.28. The molecule has 0 saturated carbocycles. The predicted octanol–water partition coefficient (Wildman–Crippen LogP) is 5.75. The molecule has 0 fully saturated rings. The van der Waals surface area contributed by atoms with E-state index in [-0.39, 0.29) is 11.5 Å². The van der Waals surface area contributed by atoms with Gasteiger partial charge in [0, 0.05) is 10.4 Å².